The lowest BCUT2D eigenvalue weighted by atomic mass is 10.2. The first-order valence-corrected chi connectivity index (χ1v) is 6.33. The number of hydrogen-bond donors (Lipinski definition) is 1. The summed E-state index contributed by atoms with van der Waals surface area (Å²) in [5, 5.41) is 4.29. The van der Waals surface area contributed by atoms with Crippen LogP contribution >= 0.6 is 0 Å². The molecule has 0 aromatic carbocycles. The van der Waals surface area contributed by atoms with Crippen LogP contribution in [0.15, 0.2) is 0 Å². The van der Waals surface area contributed by atoms with Crippen molar-refractivity contribution in [2.75, 3.05) is 39.0 Å². The van der Waals surface area contributed by atoms with Crippen LogP contribution in [0.1, 0.15) is 23.1 Å². The summed E-state index contributed by atoms with van der Waals surface area (Å²) in [7, 11) is 3.84. The van der Waals surface area contributed by atoms with Gasteiger partial charge < -0.3 is 15.5 Å². The SMILES string of the molecule is CCc1nn(C)c(C(=O)N2CCN(C)CC2)c1N. The number of carbonyl (C=O) groups is 1. The largest absolute Gasteiger partial charge is 0.395 e. The summed E-state index contributed by atoms with van der Waals surface area (Å²) in [4.78, 5) is 16.5. The first-order valence-electron chi connectivity index (χ1n) is 6.33. The van der Waals surface area contributed by atoms with Gasteiger partial charge in [-0.25, -0.2) is 0 Å². The molecule has 1 amide bonds. The van der Waals surface area contributed by atoms with Gasteiger partial charge in [-0.1, -0.05) is 6.92 Å². The first kappa shape index (κ1) is 12.9. The molecule has 1 aliphatic rings. The van der Waals surface area contributed by atoms with Crippen LogP contribution in [0.5, 0.6) is 0 Å². The minimum atomic E-state index is -0.00435. The fourth-order valence-corrected chi connectivity index (χ4v) is 2.27. The third-order valence-corrected chi connectivity index (χ3v) is 3.49. The Morgan fingerprint density at radius 2 is 1.89 bits per heavy atom. The zero-order valence-electron chi connectivity index (χ0n) is 11.3. The van der Waals surface area contributed by atoms with Crippen LogP contribution in [0.3, 0.4) is 0 Å². The maximum atomic E-state index is 12.4. The fraction of sp³-hybridized carbons (Fsp3) is 0.667. The van der Waals surface area contributed by atoms with E-state index in [1.807, 2.05) is 11.8 Å². The van der Waals surface area contributed by atoms with E-state index in [2.05, 4.69) is 17.0 Å². The van der Waals surface area contributed by atoms with Gasteiger partial charge in [0.25, 0.3) is 5.91 Å². The van der Waals surface area contributed by atoms with Gasteiger partial charge in [-0.15, -0.1) is 0 Å². The third kappa shape index (κ3) is 2.20. The molecule has 2 rings (SSSR count). The summed E-state index contributed by atoms with van der Waals surface area (Å²) in [6.07, 6.45) is 0.746. The summed E-state index contributed by atoms with van der Waals surface area (Å²) in [5.74, 6) is -0.00435. The highest BCUT2D eigenvalue weighted by molar-refractivity contribution is 5.98. The number of amides is 1. The van der Waals surface area contributed by atoms with Crippen molar-refractivity contribution in [2.24, 2.45) is 7.05 Å². The number of aryl methyl sites for hydroxylation is 2. The van der Waals surface area contributed by atoms with Gasteiger partial charge in [0.15, 0.2) is 0 Å². The van der Waals surface area contributed by atoms with Gasteiger partial charge >= 0.3 is 0 Å². The number of piperazine rings is 1. The molecular formula is C12H21N5O. The van der Waals surface area contributed by atoms with Crippen molar-refractivity contribution in [2.45, 2.75) is 13.3 Å². The molecule has 18 heavy (non-hydrogen) atoms. The van der Waals surface area contributed by atoms with Crippen LogP contribution in [-0.4, -0.2) is 58.7 Å². The zero-order chi connectivity index (χ0) is 13.3. The lowest BCUT2D eigenvalue weighted by molar-refractivity contribution is 0.0654. The smallest absolute Gasteiger partial charge is 0.274 e. The van der Waals surface area contributed by atoms with Crippen molar-refractivity contribution in [3.05, 3.63) is 11.4 Å². The number of nitrogens with two attached hydrogens (primary N) is 1. The molecule has 100 valence electrons. The third-order valence-electron chi connectivity index (χ3n) is 3.49. The average molecular weight is 251 g/mol. The number of likely N-dealkylation sites (N-methyl/N-ethyl adjacent to an activating group) is 1. The maximum absolute atomic E-state index is 12.4. The van der Waals surface area contributed by atoms with E-state index in [0.717, 1.165) is 38.3 Å². The highest BCUT2D eigenvalue weighted by atomic mass is 16.2. The Kier molecular flexibility index (Phi) is 3.56. The molecule has 0 unspecified atom stereocenters. The van der Waals surface area contributed by atoms with E-state index in [1.54, 1.807) is 11.7 Å². The van der Waals surface area contributed by atoms with Crippen LogP contribution in [0.25, 0.3) is 0 Å². The van der Waals surface area contributed by atoms with Crippen LogP contribution in [0.4, 0.5) is 5.69 Å². The van der Waals surface area contributed by atoms with Crippen LogP contribution < -0.4 is 5.73 Å². The quantitative estimate of drug-likeness (QED) is 0.800. The average Bonchev–Trinajstić information content (AvgIpc) is 2.64. The van der Waals surface area contributed by atoms with Crippen molar-refractivity contribution in [3.8, 4) is 0 Å². The van der Waals surface area contributed by atoms with Crippen LogP contribution in [0, 0.1) is 0 Å². The zero-order valence-corrected chi connectivity index (χ0v) is 11.3. The van der Waals surface area contributed by atoms with E-state index in [9.17, 15) is 4.79 Å². The lowest BCUT2D eigenvalue weighted by Gasteiger charge is -2.32. The Morgan fingerprint density at radius 3 is 2.39 bits per heavy atom. The van der Waals surface area contributed by atoms with E-state index in [1.165, 1.54) is 0 Å². The molecule has 1 aliphatic heterocycles. The Hall–Kier alpha value is -1.56. The van der Waals surface area contributed by atoms with E-state index < -0.39 is 0 Å². The molecule has 1 saturated heterocycles. The summed E-state index contributed by atoms with van der Waals surface area (Å²) < 4.78 is 1.61. The summed E-state index contributed by atoms with van der Waals surface area (Å²) >= 11 is 0. The van der Waals surface area contributed by atoms with Crippen molar-refractivity contribution in [3.63, 3.8) is 0 Å². The molecule has 1 aromatic heterocycles. The summed E-state index contributed by atoms with van der Waals surface area (Å²) in [5.41, 5.74) is 7.87. The van der Waals surface area contributed by atoms with E-state index in [4.69, 9.17) is 5.73 Å². The van der Waals surface area contributed by atoms with Crippen molar-refractivity contribution in [1.29, 1.82) is 0 Å². The number of anilines is 1. The number of nitrogen functional groups attached to an aromatic ring is 1. The molecule has 0 saturated carbocycles. The molecule has 0 spiro atoms. The summed E-state index contributed by atoms with van der Waals surface area (Å²) in [6, 6.07) is 0. The van der Waals surface area contributed by atoms with Gasteiger partial charge in [-0.3, -0.25) is 9.48 Å². The predicted octanol–water partition coefficient (Wildman–Crippen LogP) is -0.0477. The van der Waals surface area contributed by atoms with Crippen molar-refractivity contribution < 1.29 is 4.79 Å². The van der Waals surface area contributed by atoms with Gasteiger partial charge in [0, 0.05) is 33.2 Å². The number of carbonyl (C=O) groups excluding carboxylic acids is 1. The molecule has 0 radical (unpaired) electrons. The van der Waals surface area contributed by atoms with Crippen LogP contribution in [-0.2, 0) is 13.5 Å². The topological polar surface area (TPSA) is 67.4 Å². The van der Waals surface area contributed by atoms with Gasteiger partial charge in [0.05, 0.1) is 11.4 Å². The minimum absolute atomic E-state index is 0.00435. The Balaban J connectivity index is 2.21. The molecule has 1 fully saturated rings. The number of aromatic nitrogens is 2. The van der Waals surface area contributed by atoms with Crippen LogP contribution in [0.2, 0.25) is 0 Å². The Labute approximate surface area is 107 Å². The molecule has 0 aliphatic carbocycles. The first-order chi connectivity index (χ1) is 8.54. The molecule has 1 aromatic rings. The second kappa shape index (κ2) is 4.97. The molecule has 2 N–H and O–H groups in total. The lowest BCUT2D eigenvalue weighted by Crippen LogP contribution is -2.47. The van der Waals surface area contributed by atoms with E-state index in [0.29, 0.717) is 11.4 Å². The number of rotatable bonds is 2. The Bertz CT molecular complexity index is 446. The van der Waals surface area contributed by atoms with Gasteiger partial charge in [0.1, 0.15) is 5.69 Å². The van der Waals surface area contributed by atoms with E-state index in [-0.39, 0.29) is 5.91 Å². The fourth-order valence-electron chi connectivity index (χ4n) is 2.27. The van der Waals surface area contributed by atoms with Gasteiger partial charge in [-0.05, 0) is 13.5 Å². The summed E-state index contributed by atoms with van der Waals surface area (Å²) in [6.45, 7) is 5.31. The monoisotopic (exact) mass is 251 g/mol. The molecular weight excluding hydrogens is 230 g/mol. The highest BCUT2D eigenvalue weighted by Crippen LogP contribution is 2.19. The standard InChI is InChI=1S/C12H21N5O/c1-4-9-10(13)11(16(3)14-9)12(18)17-7-5-15(2)6-8-17/h4-8,13H2,1-3H3. The van der Waals surface area contributed by atoms with Gasteiger partial charge in [-0.2, -0.15) is 5.10 Å². The van der Waals surface area contributed by atoms with Gasteiger partial charge in [0.2, 0.25) is 0 Å². The van der Waals surface area contributed by atoms with Crippen molar-refractivity contribution >= 4 is 11.6 Å². The molecule has 6 nitrogen and oxygen atoms in total. The van der Waals surface area contributed by atoms with E-state index >= 15 is 0 Å². The number of nitrogens with zero attached hydrogens (tertiary/aromatic N) is 4. The highest BCUT2D eigenvalue weighted by Gasteiger charge is 2.26. The Morgan fingerprint density at radius 1 is 1.28 bits per heavy atom. The number of hydrogen-bond acceptors (Lipinski definition) is 4. The van der Waals surface area contributed by atoms with Crippen molar-refractivity contribution in [1.82, 2.24) is 19.6 Å². The second-order valence-corrected chi connectivity index (χ2v) is 4.78. The molecule has 6 heteroatoms. The predicted molar refractivity (Wildman–Crippen MR) is 70.4 cm³/mol. The normalized spacial score (nSPS) is 17.2. The molecule has 2 heterocycles. The molecule has 0 bridgehead atoms. The second-order valence-electron chi connectivity index (χ2n) is 4.78. The maximum Gasteiger partial charge on any atom is 0.274 e. The minimum Gasteiger partial charge on any atom is -0.395 e. The molecule has 0 atom stereocenters.